The van der Waals surface area contributed by atoms with E-state index in [0.717, 1.165) is 18.6 Å². The minimum absolute atomic E-state index is 0.0130. The van der Waals surface area contributed by atoms with Crippen molar-refractivity contribution >= 4 is 22.0 Å². The summed E-state index contributed by atoms with van der Waals surface area (Å²) in [6.45, 7) is 5.24. The highest BCUT2D eigenvalue weighted by Gasteiger charge is 2.46. The summed E-state index contributed by atoms with van der Waals surface area (Å²) in [6, 6.07) is 3.40. The van der Waals surface area contributed by atoms with Crippen LogP contribution in [-0.4, -0.2) is 21.8 Å². The Bertz CT molecular complexity index is 886. The molecule has 152 valence electrons. The molecule has 10 heteroatoms. The number of hydrogen-bond donors (Lipinski definition) is 1. The molecular weight excluding hydrogens is 443 g/mol. The van der Waals surface area contributed by atoms with Crippen LogP contribution in [0.15, 0.2) is 27.2 Å². The Morgan fingerprint density at radius 3 is 2.46 bits per heavy atom. The van der Waals surface area contributed by atoms with E-state index in [-0.39, 0.29) is 21.8 Å². The first kappa shape index (κ1) is 20.6. The van der Waals surface area contributed by atoms with Gasteiger partial charge in [0.05, 0.1) is 5.56 Å². The summed E-state index contributed by atoms with van der Waals surface area (Å²) in [4.78, 5) is 16.4. The summed E-state index contributed by atoms with van der Waals surface area (Å²) >= 11 is 3.07. The number of benzene rings is 1. The molecule has 1 aliphatic carbocycles. The molecule has 0 aliphatic heterocycles. The molecule has 28 heavy (non-hydrogen) atoms. The minimum Gasteiger partial charge on any atom is -0.444 e. The molecule has 0 saturated heterocycles. The average Bonchev–Trinajstić information content (AvgIpc) is 2.97. The lowest BCUT2D eigenvalue weighted by Crippen LogP contribution is -2.52. The van der Waals surface area contributed by atoms with E-state index in [1.54, 1.807) is 20.8 Å². The first-order valence-corrected chi connectivity index (χ1v) is 9.41. The van der Waals surface area contributed by atoms with Gasteiger partial charge in [0.1, 0.15) is 11.1 Å². The number of hydrogen-bond acceptors (Lipinski definition) is 5. The number of alkyl halides is 3. The van der Waals surface area contributed by atoms with E-state index in [2.05, 4.69) is 31.4 Å². The molecule has 0 spiro atoms. The Morgan fingerprint density at radius 2 is 1.93 bits per heavy atom. The molecule has 1 heterocycles. The molecule has 1 fully saturated rings. The lowest BCUT2D eigenvalue weighted by atomic mass is 9.76. The van der Waals surface area contributed by atoms with Crippen molar-refractivity contribution in [1.82, 2.24) is 15.5 Å². The fraction of sp³-hybridized carbons (Fsp3) is 0.500. The summed E-state index contributed by atoms with van der Waals surface area (Å²) in [5.74, 6) is 0.159. The number of carbonyl (C=O) groups is 1. The maximum Gasteiger partial charge on any atom is 0.416 e. The van der Waals surface area contributed by atoms with Crippen molar-refractivity contribution in [1.29, 1.82) is 0 Å². The van der Waals surface area contributed by atoms with Crippen LogP contribution in [0.1, 0.15) is 51.5 Å². The third-order valence-electron chi connectivity index (χ3n) is 4.27. The zero-order valence-corrected chi connectivity index (χ0v) is 17.1. The Hall–Kier alpha value is -2.10. The largest absolute Gasteiger partial charge is 0.444 e. The van der Waals surface area contributed by atoms with Gasteiger partial charge in [-0.2, -0.15) is 18.2 Å². The highest BCUT2D eigenvalue weighted by molar-refractivity contribution is 9.10. The summed E-state index contributed by atoms with van der Waals surface area (Å²) in [5.41, 5.74) is -2.21. The van der Waals surface area contributed by atoms with E-state index in [1.807, 2.05) is 0 Å². The number of aromatic nitrogens is 2. The standard InChI is InChI=1S/C18H19BrF3N3O3/c1-16(2,3)27-15(26)24-17(5-4-6-17)14-23-13(25-28-14)10-7-11(18(20,21)22)9-12(19)8-10/h7-9H,4-6H2,1-3H3,(H,24,26). The molecule has 1 amide bonds. The molecule has 1 aromatic heterocycles. The third kappa shape index (κ3) is 4.48. The van der Waals surface area contributed by atoms with Crippen LogP contribution in [0.5, 0.6) is 0 Å². The highest BCUT2D eigenvalue weighted by Crippen LogP contribution is 2.41. The maximum absolute atomic E-state index is 13.1. The van der Waals surface area contributed by atoms with Gasteiger partial charge in [-0.15, -0.1) is 0 Å². The quantitative estimate of drug-likeness (QED) is 0.659. The molecule has 0 unspecified atom stereocenters. The number of ether oxygens (including phenoxy) is 1. The number of nitrogens with one attached hydrogen (secondary N) is 1. The zero-order chi connectivity index (χ0) is 20.7. The van der Waals surface area contributed by atoms with Gasteiger partial charge in [0.2, 0.25) is 5.82 Å². The van der Waals surface area contributed by atoms with Crippen LogP contribution in [0.3, 0.4) is 0 Å². The van der Waals surface area contributed by atoms with Crippen LogP contribution < -0.4 is 5.32 Å². The number of carbonyl (C=O) groups excluding carboxylic acids is 1. The number of amides is 1. The molecule has 3 rings (SSSR count). The van der Waals surface area contributed by atoms with E-state index >= 15 is 0 Å². The number of nitrogens with zero attached hydrogens (tertiary/aromatic N) is 2. The van der Waals surface area contributed by atoms with Crippen LogP contribution >= 0.6 is 15.9 Å². The molecule has 0 bridgehead atoms. The predicted molar refractivity (Wildman–Crippen MR) is 97.3 cm³/mol. The van der Waals surface area contributed by atoms with Gasteiger partial charge in [-0.1, -0.05) is 21.1 Å². The minimum atomic E-state index is -4.50. The Kier molecular flexibility index (Phi) is 5.20. The Labute approximate surface area is 168 Å². The SMILES string of the molecule is CC(C)(C)OC(=O)NC1(c2nc(-c3cc(Br)cc(C(F)(F)F)c3)no2)CCC1. The summed E-state index contributed by atoms with van der Waals surface area (Å²) in [7, 11) is 0. The van der Waals surface area contributed by atoms with Crippen LogP contribution in [0, 0.1) is 0 Å². The summed E-state index contributed by atoms with van der Waals surface area (Å²) in [5, 5.41) is 6.58. The van der Waals surface area contributed by atoms with Gasteiger partial charge in [0.15, 0.2) is 0 Å². The van der Waals surface area contributed by atoms with Gasteiger partial charge in [-0.25, -0.2) is 4.79 Å². The normalized spacial score (nSPS) is 16.4. The molecular formula is C18H19BrF3N3O3. The Balaban J connectivity index is 1.87. The van der Waals surface area contributed by atoms with E-state index < -0.39 is 29.0 Å². The molecule has 1 aliphatic rings. The smallest absolute Gasteiger partial charge is 0.416 e. The van der Waals surface area contributed by atoms with Crippen molar-refractivity contribution in [3.05, 3.63) is 34.1 Å². The molecule has 0 radical (unpaired) electrons. The first-order chi connectivity index (χ1) is 12.9. The number of rotatable bonds is 3. The van der Waals surface area contributed by atoms with Crippen LogP contribution in [0.25, 0.3) is 11.4 Å². The molecule has 1 saturated carbocycles. The van der Waals surface area contributed by atoms with Crippen molar-refractivity contribution in [2.45, 2.75) is 57.3 Å². The summed E-state index contributed by atoms with van der Waals surface area (Å²) in [6.07, 6.45) is -3.14. The van der Waals surface area contributed by atoms with E-state index in [9.17, 15) is 18.0 Å². The number of halogens is 4. The van der Waals surface area contributed by atoms with Crippen molar-refractivity contribution in [3.63, 3.8) is 0 Å². The second kappa shape index (κ2) is 7.06. The fourth-order valence-electron chi connectivity index (χ4n) is 2.84. The van der Waals surface area contributed by atoms with Crippen molar-refractivity contribution in [2.24, 2.45) is 0 Å². The molecule has 6 nitrogen and oxygen atoms in total. The van der Waals surface area contributed by atoms with Crippen LogP contribution in [0.4, 0.5) is 18.0 Å². The highest BCUT2D eigenvalue weighted by atomic mass is 79.9. The van der Waals surface area contributed by atoms with Crippen molar-refractivity contribution in [2.75, 3.05) is 0 Å². The predicted octanol–water partition coefficient (Wildman–Crippen LogP) is 5.42. The maximum atomic E-state index is 13.1. The van der Waals surface area contributed by atoms with Crippen LogP contribution in [0.2, 0.25) is 0 Å². The first-order valence-electron chi connectivity index (χ1n) is 8.61. The fourth-order valence-corrected chi connectivity index (χ4v) is 3.33. The van der Waals surface area contributed by atoms with Gasteiger partial charge in [0, 0.05) is 10.0 Å². The molecule has 1 N–H and O–H groups in total. The van der Waals surface area contributed by atoms with Gasteiger partial charge >= 0.3 is 12.3 Å². The van der Waals surface area contributed by atoms with E-state index in [0.29, 0.717) is 12.8 Å². The zero-order valence-electron chi connectivity index (χ0n) is 15.5. The van der Waals surface area contributed by atoms with E-state index in [4.69, 9.17) is 9.26 Å². The lowest BCUT2D eigenvalue weighted by Gasteiger charge is -2.39. The van der Waals surface area contributed by atoms with Gasteiger partial charge in [-0.05, 0) is 58.2 Å². The van der Waals surface area contributed by atoms with Gasteiger partial charge in [0.25, 0.3) is 5.89 Å². The Morgan fingerprint density at radius 1 is 1.25 bits per heavy atom. The van der Waals surface area contributed by atoms with Crippen LogP contribution in [-0.2, 0) is 16.5 Å². The third-order valence-corrected chi connectivity index (χ3v) is 4.72. The average molecular weight is 462 g/mol. The summed E-state index contributed by atoms with van der Waals surface area (Å²) < 4.78 is 50.0. The second-order valence-electron chi connectivity index (χ2n) is 7.71. The monoisotopic (exact) mass is 461 g/mol. The van der Waals surface area contributed by atoms with E-state index in [1.165, 1.54) is 6.07 Å². The second-order valence-corrected chi connectivity index (χ2v) is 8.63. The molecule has 1 aromatic carbocycles. The van der Waals surface area contributed by atoms with Crippen molar-refractivity contribution in [3.8, 4) is 11.4 Å². The topological polar surface area (TPSA) is 77.2 Å². The van der Waals surface area contributed by atoms with Gasteiger partial charge in [-0.3, -0.25) is 0 Å². The van der Waals surface area contributed by atoms with Gasteiger partial charge < -0.3 is 14.6 Å². The lowest BCUT2D eigenvalue weighted by molar-refractivity contribution is -0.137. The molecule has 2 aromatic rings. The number of alkyl carbamates (subject to hydrolysis) is 1. The molecule has 0 atom stereocenters. The van der Waals surface area contributed by atoms with Crippen molar-refractivity contribution < 1.29 is 27.2 Å².